The molecule has 0 aromatic heterocycles. The molecule has 7 heteroatoms. The van der Waals surface area contributed by atoms with Crippen LogP contribution in [0.15, 0.2) is 54.6 Å². The lowest BCUT2D eigenvalue weighted by atomic mass is 9.99. The first kappa shape index (κ1) is 23.3. The first-order valence-corrected chi connectivity index (χ1v) is 10.2. The molecule has 168 valence electrons. The van der Waals surface area contributed by atoms with E-state index >= 15 is 0 Å². The molecule has 2 N–H and O–H groups in total. The molecule has 0 radical (unpaired) electrons. The molecule has 1 aliphatic rings. The highest BCUT2D eigenvalue weighted by Gasteiger charge is 2.36. The minimum absolute atomic E-state index is 0.175. The minimum Gasteiger partial charge on any atom is -0.493 e. The van der Waals surface area contributed by atoms with Gasteiger partial charge in [0.05, 0.1) is 30.9 Å². The summed E-state index contributed by atoms with van der Waals surface area (Å²) in [6, 6.07) is 13.8. The van der Waals surface area contributed by atoms with Crippen molar-refractivity contribution in [3.8, 4) is 5.75 Å². The van der Waals surface area contributed by atoms with Gasteiger partial charge in [-0.05, 0) is 49.9 Å². The van der Waals surface area contributed by atoms with Crippen LogP contribution in [0, 0.1) is 0 Å². The molecular weight excluding hydrogens is 407 g/mol. The third-order valence-corrected chi connectivity index (χ3v) is 5.00. The van der Waals surface area contributed by atoms with Crippen molar-refractivity contribution in [2.45, 2.75) is 44.2 Å². The van der Waals surface area contributed by atoms with Gasteiger partial charge in [-0.1, -0.05) is 48.6 Å². The van der Waals surface area contributed by atoms with Crippen LogP contribution in [0.4, 0.5) is 13.2 Å². The summed E-state index contributed by atoms with van der Waals surface area (Å²) in [6.07, 6.45) is 0.00916. The molecule has 0 saturated carbocycles. The van der Waals surface area contributed by atoms with Crippen molar-refractivity contribution in [1.82, 2.24) is 0 Å². The Balaban J connectivity index is 1.65. The molecular formula is C24H28F3NO3. The monoisotopic (exact) mass is 435 g/mol. The summed E-state index contributed by atoms with van der Waals surface area (Å²) in [7, 11) is 0. The topological polar surface area (TPSA) is 53.7 Å². The maximum absolute atomic E-state index is 13.6. The Bertz CT molecular complexity index is 885. The standard InChI is InChI=1S/C24H28F3NO3/c1-22(2)30-16-23(28,17-31-22)13-12-19-10-11-21(20(15-19)24(25,26)27)29-14-6-9-18-7-4-3-5-8-18/h3-5,7-8,10-13,15H,6,9,14,16-17,28H2,1-2H3/b13-12+. The molecule has 0 unspecified atom stereocenters. The summed E-state index contributed by atoms with van der Waals surface area (Å²) in [5.41, 5.74) is 6.01. The van der Waals surface area contributed by atoms with E-state index in [1.807, 2.05) is 30.3 Å². The van der Waals surface area contributed by atoms with Crippen LogP contribution in [0.5, 0.6) is 5.75 Å². The summed E-state index contributed by atoms with van der Waals surface area (Å²) < 4.78 is 57.3. The number of hydrogen-bond acceptors (Lipinski definition) is 4. The van der Waals surface area contributed by atoms with Crippen molar-refractivity contribution in [2.75, 3.05) is 19.8 Å². The van der Waals surface area contributed by atoms with Gasteiger partial charge in [-0.2, -0.15) is 13.2 Å². The second-order valence-corrected chi connectivity index (χ2v) is 8.23. The molecule has 1 fully saturated rings. The Labute approximate surface area is 180 Å². The predicted molar refractivity (Wildman–Crippen MR) is 114 cm³/mol. The summed E-state index contributed by atoms with van der Waals surface area (Å²) >= 11 is 0. The molecule has 2 aromatic carbocycles. The quantitative estimate of drug-likeness (QED) is 0.607. The van der Waals surface area contributed by atoms with Gasteiger partial charge in [0, 0.05) is 0 Å². The van der Waals surface area contributed by atoms with Gasteiger partial charge in [0.15, 0.2) is 5.79 Å². The highest BCUT2D eigenvalue weighted by molar-refractivity contribution is 5.55. The molecule has 0 amide bonds. The number of ether oxygens (including phenoxy) is 3. The molecule has 0 bridgehead atoms. The number of alkyl halides is 3. The van der Waals surface area contributed by atoms with Crippen molar-refractivity contribution in [3.63, 3.8) is 0 Å². The van der Waals surface area contributed by atoms with Gasteiger partial charge in [0.25, 0.3) is 0 Å². The van der Waals surface area contributed by atoms with E-state index in [1.54, 1.807) is 32.1 Å². The molecule has 1 aliphatic heterocycles. The van der Waals surface area contributed by atoms with Crippen LogP contribution >= 0.6 is 0 Å². The Morgan fingerprint density at radius 2 is 1.74 bits per heavy atom. The van der Waals surface area contributed by atoms with E-state index in [1.165, 1.54) is 6.07 Å². The van der Waals surface area contributed by atoms with Gasteiger partial charge >= 0.3 is 6.18 Å². The lowest BCUT2D eigenvalue weighted by molar-refractivity contribution is -0.260. The summed E-state index contributed by atoms with van der Waals surface area (Å²) in [5.74, 6) is -0.897. The fraction of sp³-hybridized carbons (Fsp3) is 0.417. The highest BCUT2D eigenvalue weighted by atomic mass is 19.4. The molecule has 0 spiro atoms. The summed E-state index contributed by atoms with van der Waals surface area (Å²) in [5, 5.41) is 0. The van der Waals surface area contributed by atoms with Gasteiger partial charge in [0.2, 0.25) is 0 Å². The number of aryl methyl sites for hydroxylation is 1. The van der Waals surface area contributed by atoms with Crippen LogP contribution in [0.2, 0.25) is 0 Å². The zero-order valence-corrected chi connectivity index (χ0v) is 17.7. The van der Waals surface area contributed by atoms with E-state index in [-0.39, 0.29) is 25.6 Å². The molecule has 3 rings (SSSR count). The van der Waals surface area contributed by atoms with Gasteiger partial charge in [0.1, 0.15) is 5.75 Å². The third kappa shape index (κ3) is 6.82. The second kappa shape index (κ2) is 9.42. The van der Waals surface area contributed by atoms with Crippen molar-refractivity contribution < 1.29 is 27.4 Å². The molecule has 0 aliphatic carbocycles. The van der Waals surface area contributed by atoms with Crippen LogP contribution in [-0.2, 0) is 22.1 Å². The number of halogens is 3. The van der Waals surface area contributed by atoms with E-state index in [4.69, 9.17) is 19.9 Å². The van der Waals surface area contributed by atoms with E-state index in [9.17, 15) is 13.2 Å². The van der Waals surface area contributed by atoms with Crippen molar-refractivity contribution in [2.24, 2.45) is 5.73 Å². The second-order valence-electron chi connectivity index (χ2n) is 8.23. The largest absolute Gasteiger partial charge is 0.493 e. The number of rotatable bonds is 7. The van der Waals surface area contributed by atoms with Gasteiger partial charge < -0.3 is 19.9 Å². The predicted octanol–water partition coefficient (Wildman–Crippen LogP) is 5.21. The fourth-order valence-corrected chi connectivity index (χ4v) is 3.16. The van der Waals surface area contributed by atoms with Crippen molar-refractivity contribution >= 4 is 6.08 Å². The molecule has 4 nitrogen and oxygen atoms in total. The number of hydrogen-bond donors (Lipinski definition) is 1. The third-order valence-electron chi connectivity index (χ3n) is 5.00. The normalized spacial score (nSPS) is 18.3. The summed E-state index contributed by atoms with van der Waals surface area (Å²) in [4.78, 5) is 0. The molecule has 2 aromatic rings. The smallest absolute Gasteiger partial charge is 0.419 e. The minimum atomic E-state index is -4.53. The van der Waals surface area contributed by atoms with Crippen LogP contribution in [0.25, 0.3) is 6.08 Å². The van der Waals surface area contributed by atoms with Gasteiger partial charge in [-0.15, -0.1) is 0 Å². The van der Waals surface area contributed by atoms with Gasteiger partial charge in [-0.3, -0.25) is 0 Å². The summed E-state index contributed by atoms with van der Waals surface area (Å²) in [6.45, 7) is 4.19. The Hall–Kier alpha value is -2.35. The Kier molecular flexibility index (Phi) is 7.09. The lowest BCUT2D eigenvalue weighted by Crippen LogP contribution is -2.55. The van der Waals surface area contributed by atoms with Crippen LogP contribution in [0.3, 0.4) is 0 Å². The number of nitrogens with two attached hydrogens (primary N) is 1. The van der Waals surface area contributed by atoms with Crippen molar-refractivity contribution in [1.29, 1.82) is 0 Å². The zero-order valence-electron chi connectivity index (χ0n) is 17.7. The van der Waals surface area contributed by atoms with Crippen molar-refractivity contribution in [3.05, 3.63) is 71.3 Å². The van der Waals surface area contributed by atoms with Gasteiger partial charge in [-0.25, -0.2) is 0 Å². The SMILES string of the molecule is CC1(C)OCC(N)(/C=C/c2ccc(OCCCc3ccccc3)c(C(F)(F)F)c2)CO1. The van der Waals surface area contributed by atoms with E-state index in [2.05, 4.69) is 0 Å². The lowest BCUT2D eigenvalue weighted by Gasteiger charge is -2.39. The average molecular weight is 435 g/mol. The number of benzene rings is 2. The molecule has 1 saturated heterocycles. The maximum Gasteiger partial charge on any atom is 0.419 e. The van der Waals surface area contributed by atoms with Crippen LogP contribution in [0.1, 0.15) is 37.0 Å². The Morgan fingerprint density at radius 1 is 1.06 bits per heavy atom. The first-order valence-electron chi connectivity index (χ1n) is 10.2. The fourth-order valence-electron chi connectivity index (χ4n) is 3.16. The van der Waals surface area contributed by atoms with E-state index in [0.717, 1.165) is 18.1 Å². The highest BCUT2D eigenvalue weighted by Crippen LogP contribution is 2.37. The van der Waals surface area contributed by atoms with E-state index < -0.39 is 23.1 Å². The first-order chi connectivity index (χ1) is 14.6. The van der Waals surface area contributed by atoms with Crippen LogP contribution in [-0.4, -0.2) is 31.1 Å². The van der Waals surface area contributed by atoms with Crippen LogP contribution < -0.4 is 10.5 Å². The average Bonchev–Trinajstić information content (AvgIpc) is 2.73. The molecule has 31 heavy (non-hydrogen) atoms. The molecule has 0 atom stereocenters. The zero-order chi connectivity index (χ0) is 22.5. The molecule has 1 heterocycles. The van der Waals surface area contributed by atoms with E-state index in [0.29, 0.717) is 12.0 Å². The Morgan fingerprint density at radius 3 is 2.39 bits per heavy atom. The maximum atomic E-state index is 13.6.